The lowest BCUT2D eigenvalue weighted by atomic mass is 9.68. The SMILES string of the molecule is COc1cc2c3c(c1)C1(C(=O)N3C(C)(C)CC2C)C(C#N)=C(N)Oc2[nH]c3ccccc3c21. The van der Waals surface area contributed by atoms with Crippen molar-refractivity contribution in [3.63, 3.8) is 0 Å². The monoisotopic (exact) mass is 440 g/mol. The van der Waals surface area contributed by atoms with Gasteiger partial charge in [-0.05, 0) is 49.9 Å². The number of fused-ring (bicyclic) bond motifs is 5. The van der Waals surface area contributed by atoms with Gasteiger partial charge in [0.25, 0.3) is 0 Å². The van der Waals surface area contributed by atoms with Crippen LogP contribution < -0.4 is 20.1 Å². The summed E-state index contributed by atoms with van der Waals surface area (Å²) in [5.74, 6) is 0.999. The first-order valence-electron chi connectivity index (χ1n) is 11.0. The first kappa shape index (κ1) is 19.7. The molecule has 0 saturated heterocycles. The molecule has 0 bridgehead atoms. The van der Waals surface area contributed by atoms with E-state index in [9.17, 15) is 10.1 Å². The molecule has 0 saturated carbocycles. The number of hydrogen-bond donors (Lipinski definition) is 2. The number of anilines is 1. The molecule has 3 N–H and O–H groups in total. The summed E-state index contributed by atoms with van der Waals surface area (Å²) >= 11 is 0. The summed E-state index contributed by atoms with van der Waals surface area (Å²) in [7, 11) is 1.61. The molecular formula is C26H24N4O3. The molecule has 2 aromatic carbocycles. The highest BCUT2D eigenvalue weighted by Crippen LogP contribution is 2.62. The lowest BCUT2D eigenvalue weighted by Gasteiger charge is -2.44. The number of carbonyl (C=O) groups is 1. The molecule has 2 atom stereocenters. The molecule has 6 rings (SSSR count). The van der Waals surface area contributed by atoms with Crippen LogP contribution in [0.2, 0.25) is 0 Å². The number of aromatic nitrogens is 1. The van der Waals surface area contributed by atoms with Crippen molar-refractivity contribution in [2.45, 2.75) is 44.1 Å². The van der Waals surface area contributed by atoms with E-state index in [4.69, 9.17) is 15.2 Å². The molecule has 3 aliphatic rings. The van der Waals surface area contributed by atoms with E-state index in [1.54, 1.807) is 7.11 Å². The number of carbonyl (C=O) groups excluding carboxylic acids is 1. The number of para-hydroxylation sites is 1. The quantitative estimate of drug-likeness (QED) is 0.591. The molecule has 166 valence electrons. The fourth-order valence-corrected chi connectivity index (χ4v) is 6.23. The first-order chi connectivity index (χ1) is 15.8. The Balaban J connectivity index is 1.84. The van der Waals surface area contributed by atoms with E-state index < -0.39 is 11.0 Å². The summed E-state index contributed by atoms with van der Waals surface area (Å²) in [6, 6.07) is 13.8. The van der Waals surface area contributed by atoms with Crippen molar-refractivity contribution in [3.8, 4) is 17.7 Å². The second kappa shape index (κ2) is 6.10. The van der Waals surface area contributed by atoms with E-state index >= 15 is 0 Å². The summed E-state index contributed by atoms with van der Waals surface area (Å²) in [5, 5.41) is 11.2. The van der Waals surface area contributed by atoms with Crippen LogP contribution in [0.5, 0.6) is 11.6 Å². The number of methoxy groups -OCH3 is 1. The molecule has 7 nitrogen and oxygen atoms in total. The topological polar surface area (TPSA) is 104 Å². The molecule has 33 heavy (non-hydrogen) atoms. The smallest absolute Gasteiger partial charge is 0.248 e. The van der Waals surface area contributed by atoms with Crippen LogP contribution in [0.4, 0.5) is 5.69 Å². The van der Waals surface area contributed by atoms with Crippen molar-refractivity contribution in [3.05, 3.63) is 64.5 Å². The Morgan fingerprint density at radius 1 is 1.30 bits per heavy atom. The number of ether oxygens (including phenoxy) is 2. The van der Waals surface area contributed by atoms with Gasteiger partial charge in [-0.2, -0.15) is 5.26 Å². The van der Waals surface area contributed by atoms with Gasteiger partial charge >= 0.3 is 0 Å². The van der Waals surface area contributed by atoms with Gasteiger partial charge in [0.1, 0.15) is 22.8 Å². The third-order valence-corrected chi connectivity index (χ3v) is 7.43. The van der Waals surface area contributed by atoms with Crippen LogP contribution >= 0.6 is 0 Å². The molecule has 2 unspecified atom stereocenters. The van der Waals surface area contributed by atoms with Gasteiger partial charge in [-0.15, -0.1) is 0 Å². The molecule has 7 heteroatoms. The minimum Gasteiger partial charge on any atom is -0.497 e. The van der Waals surface area contributed by atoms with Gasteiger partial charge in [-0.25, -0.2) is 0 Å². The summed E-state index contributed by atoms with van der Waals surface area (Å²) in [6.45, 7) is 6.32. The molecule has 0 radical (unpaired) electrons. The Kier molecular flexibility index (Phi) is 3.65. The van der Waals surface area contributed by atoms with E-state index in [0.717, 1.165) is 34.1 Å². The second-order valence-corrected chi connectivity index (χ2v) is 9.75. The lowest BCUT2D eigenvalue weighted by Crippen LogP contribution is -2.54. The summed E-state index contributed by atoms with van der Waals surface area (Å²) < 4.78 is 11.6. The Bertz CT molecular complexity index is 1460. The summed E-state index contributed by atoms with van der Waals surface area (Å²) in [5.41, 5.74) is 8.60. The molecule has 0 fully saturated rings. The number of rotatable bonds is 1. The summed E-state index contributed by atoms with van der Waals surface area (Å²) in [6.07, 6.45) is 0.784. The van der Waals surface area contributed by atoms with E-state index in [1.807, 2.05) is 41.3 Å². The Morgan fingerprint density at radius 2 is 2.06 bits per heavy atom. The van der Waals surface area contributed by atoms with Gasteiger partial charge < -0.3 is 25.1 Å². The maximum absolute atomic E-state index is 14.7. The highest BCUT2D eigenvalue weighted by molar-refractivity contribution is 6.18. The molecule has 0 aliphatic carbocycles. The van der Waals surface area contributed by atoms with Gasteiger partial charge in [-0.3, -0.25) is 4.79 Å². The molecule has 1 amide bonds. The third-order valence-electron chi connectivity index (χ3n) is 7.43. The molecule has 1 spiro atoms. The van der Waals surface area contributed by atoms with Gasteiger partial charge in [0, 0.05) is 27.6 Å². The number of benzene rings is 2. The van der Waals surface area contributed by atoms with Crippen LogP contribution in [0.3, 0.4) is 0 Å². The van der Waals surface area contributed by atoms with E-state index in [0.29, 0.717) is 17.2 Å². The van der Waals surface area contributed by atoms with Crippen molar-refractivity contribution in [2.24, 2.45) is 5.73 Å². The van der Waals surface area contributed by atoms with E-state index in [2.05, 4.69) is 31.8 Å². The third kappa shape index (κ3) is 2.16. The maximum atomic E-state index is 14.7. The summed E-state index contributed by atoms with van der Waals surface area (Å²) in [4.78, 5) is 19.8. The molecule has 4 heterocycles. The normalized spacial score (nSPS) is 24.5. The molecule has 3 aliphatic heterocycles. The number of aromatic amines is 1. The number of nitriles is 1. The fourth-order valence-electron chi connectivity index (χ4n) is 6.23. The van der Waals surface area contributed by atoms with Crippen LogP contribution in [-0.4, -0.2) is 23.5 Å². The zero-order valence-electron chi connectivity index (χ0n) is 18.9. The molecular weight excluding hydrogens is 416 g/mol. The number of nitrogens with two attached hydrogens (primary N) is 1. The number of nitrogens with one attached hydrogen (secondary N) is 1. The number of H-pyrrole nitrogens is 1. The van der Waals surface area contributed by atoms with Gasteiger partial charge in [0.05, 0.1) is 12.8 Å². The van der Waals surface area contributed by atoms with Crippen LogP contribution in [0, 0.1) is 11.3 Å². The Labute approximate surface area is 191 Å². The Morgan fingerprint density at radius 3 is 2.79 bits per heavy atom. The van der Waals surface area contributed by atoms with Gasteiger partial charge in [0.15, 0.2) is 0 Å². The lowest BCUT2D eigenvalue weighted by molar-refractivity contribution is -0.122. The zero-order valence-corrected chi connectivity index (χ0v) is 18.9. The van der Waals surface area contributed by atoms with E-state index in [-0.39, 0.29) is 23.3 Å². The minimum absolute atomic E-state index is 0.0628. The molecule has 3 aromatic rings. The van der Waals surface area contributed by atoms with Crippen LogP contribution in [0.1, 0.15) is 49.8 Å². The van der Waals surface area contributed by atoms with Crippen molar-refractivity contribution < 1.29 is 14.3 Å². The second-order valence-electron chi connectivity index (χ2n) is 9.75. The van der Waals surface area contributed by atoms with Crippen molar-refractivity contribution in [1.29, 1.82) is 5.26 Å². The highest BCUT2D eigenvalue weighted by atomic mass is 16.5. The van der Waals surface area contributed by atoms with Crippen LogP contribution in [-0.2, 0) is 10.2 Å². The number of amides is 1. The number of nitrogens with zero attached hydrogens (tertiary/aromatic N) is 2. The van der Waals surface area contributed by atoms with Gasteiger partial charge in [-0.1, -0.05) is 25.1 Å². The van der Waals surface area contributed by atoms with Crippen molar-refractivity contribution >= 4 is 22.5 Å². The van der Waals surface area contributed by atoms with Crippen LogP contribution in [0.15, 0.2) is 47.9 Å². The average molecular weight is 441 g/mol. The predicted octanol–water partition coefficient (Wildman–Crippen LogP) is 4.18. The highest BCUT2D eigenvalue weighted by Gasteiger charge is 2.64. The van der Waals surface area contributed by atoms with Crippen molar-refractivity contribution in [2.75, 3.05) is 12.0 Å². The van der Waals surface area contributed by atoms with Gasteiger partial charge in [0.2, 0.25) is 17.7 Å². The largest absolute Gasteiger partial charge is 0.497 e. The zero-order chi connectivity index (χ0) is 23.3. The van der Waals surface area contributed by atoms with E-state index in [1.165, 1.54) is 0 Å². The predicted molar refractivity (Wildman–Crippen MR) is 124 cm³/mol. The minimum atomic E-state index is -1.42. The Hall–Kier alpha value is -3.92. The maximum Gasteiger partial charge on any atom is 0.248 e. The number of hydrogen-bond acceptors (Lipinski definition) is 5. The standard InChI is InChI=1S/C26H24N4O3/c1-13-11-25(2,3)30-21-16(13)9-14(32-4)10-17(21)26(24(30)31)18(12-27)22(28)33-23-20(26)15-7-5-6-8-19(15)29-23/h5-10,13,29H,11,28H2,1-4H3. The van der Waals surface area contributed by atoms with Crippen LogP contribution in [0.25, 0.3) is 10.9 Å². The fraction of sp³-hybridized carbons (Fsp3) is 0.308. The first-order valence-corrected chi connectivity index (χ1v) is 11.0. The van der Waals surface area contributed by atoms with Crippen molar-refractivity contribution in [1.82, 2.24) is 4.98 Å². The molecule has 1 aromatic heterocycles. The average Bonchev–Trinajstić information content (AvgIpc) is 3.26.